The maximum atomic E-state index is 12.5. The van der Waals surface area contributed by atoms with E-state index in [-0.39, 0.29) is 10.5 Å². The molecule has 0 spiro atoms. The van der Waals surface area contributed by atoms with Crippen molar-refractivity contribution >= 4 is 21.4 Å². The molecule has 0 N–H and O–H groups in total. The molecule has 0 aliphatic heterocycles. The van der Waals surface area contributed by atoms with Gasteiger partial charge in [0.2, 0.25) is 0 Å². The molecule has 0 radical (unpaired) electrons. The highest BCUT2D eigenvalue weighted by molar-refractivity contribution is 7.91. The van der Waals surface area contributed by atoms with Crippen LogP contribution in [0.4, 0.5) is 0 Å². The lowest BCUT2D eigenvalue weighted by Gasteiger charge is -2.11. The quantitative estimate of drug-likeness (QED) is 0.616. The Morgan fingerprint density at radius 1 is 1.09 bits per heavy atom. The second kappa shape index (κ2) is 6.33. The fourth-order valence-electron chi connectivity index (χ4n) is 1.94. The summed E-state index contributed by atoms with van der Waals surface area (Å²) in [5, 5.41) is 9.77. The molecule has 0 heterocycles. The molecule has 0 aliphatic carbocycles. The van der Waals surface area contributed by atoms with E-state index in [1.54, 1.807) is 0 Å². The van der Waals surface area contributed by atoms with Crippen molar-refractivity contribution in [3.8, 4) is 5.75 Å². The van der Waals surface area contributed by atoms with Gasteiger partial charge in [0.05, 0.1) is 12.0 Å². The van der Waals surface area contributed by atoms with E-state index in [0.29, 0.717) is 10.8 Å². The van der Waals surface area contributed by atoms with Crippen LogP contribution in [-0.2, 0) is 9.84 Å². The van der Waals surface area contributed by atoms with Gasteiger partial charge in [-0.3, -0.25) is 10.1 Å². The van der Waals surface area contributed by atoms with Crippen LogP contribution in [0.1, 0.15) is 10.9 Å². The molecule has 0 amide bonds. The van der Waals surface area contributed by atoms with Gasteiger partial charge in [0.15, 0.2) is 0 Å². The SMILES string of the molecule is COc1ccc(S(=O)(=O)C(c2ccc(Cl)cc2)[N+](=O)[O-])cc1. The van der Waals surface area contributed by atoms with Crippen LogP contribution in [-0.4, -0.2) is 20.5 Å². The third-order valence-corrected chi connectivity index (χ3v) is 5.24. The second-order valence-electron chi connectivity index (χ2n) is 4.41. The van der Waals surface area contributed by atoms with Crippen molar-refractivity contribution < 1.29 is 18.1 Å². The van der Waals surface area contributed by atoms with E-state index in [2.05, 4.69) is 0 Å². The van der Waals surface area contributed by atoms with Crippen molar-refractivity contribution in [2.24, 2.45) is 0 Å². The van der Waals surface area contributed by atoms with Crippen molar-refractivity contribution in [1.29, 1.82) is 0 Å². The van der Waals surface area contributed by atoms with Crippen LogP contribution in [0.15, 0.2) is 53.4 Å². The maximum Gasteiger partial charge on any atom is 0.339 e. The number of ether oxygens (including phenoxy) is 1. The van der Waals surface area contributed by atoms with Gasteiger partial charge in [-0.2, -0.15) is 0 Å². The summed E-state index contributed by atoms with van der Waals surface area (Å²) in [5.41, 5.74) is 0.0465. The van der Waals surface area contributed by atoms with E-state index < -0.39 is 20.1 Å². The summed E-state index contributed by atoms with van der Waals surface area (Å²) in [7, 11) is -2.75. The number of rotatable bonds is 5. The Balaban J connectivity index is 2.50. The van der Waals surface area contributed by atoms with Crippen LogP contribution < -0.4 is 4.74 Å². The van der Waals surface area contributed by atoms with Crippen LogP contribution in [0, 0.1) is 10.1 Å². The van der Waals surface area contributed by atoms with Crippen LogP contribution in [0.3, 0.4) is 0 Å². The highest BCUT2D eigenvalue weighted by Crippen LogP contribution is 2.31. The molecule has 0 saturated carbocycles. The largest absolute Gasteiger partial charge is 0.497 e. The highest BCUT2D eigenvalue weighted by atomic mass is 35.5. The topological polar surface area (TPSA) is 86.5 Å². The molecule has 0 aromatic heterocycles. The zero-order valence-electron chi connectivity index (χ0n) is 11.5. The zero-order chi connectivity index (χ0) is 16.3. The lowest BCUT2D eigenvalue weighted by molar-refractivity contribution is -0.502. The summed E-state index contributed by atoms with van der Waals surface area (Å²) in [4.78, 5) is 10.3. The molecule has 1 unspecified atom stereocenters. The predicted molar refractivity (Wildman–Crippen MR) is 81.4 cm³/mol. The van der Waals surface area contributed by atoms with Crippen LogP contribution in [0.25, 0.3) is 0 Å². The molecule has 0 fully saturated rings. The Bertz CT molecular complexity index is 772. The van der Waals surface area contributed by atoms with Gasteiger partial charge in [-0.05, 0) is 48.5 Å². The molecule has 6 nitrogen and oxygen atoms in total. The minimum absolute atomic E-state index is 0.0465. The smallest absolute Gasteiger partial charge is 0.339 e. The van der Waals surface area contributed by atoms with Crippen LogP contribution >= 0.6 is 11.6 Å². The Kier molecular flexibility index (Phi) is 4.68. The van der Waals surface area contributed by atoms with Crippen molar-refractivity contribution in [1.82, 2.24) is 0 Å². The van der Waals surface area contributed by atoms with E-state index >= 15 is 0 Å². The molecular formula is C14H12ClNO5S. The average Bonchev–Trinajstić information content (AvgIpc) is 2.49. The van der Waals surface area contributed by atoms with Gasteiger partial charge in [0, 0.05) is 15.5 Å². The van der Waals surface area contributed by atoms with E-state index in [1.165, 1.54) is 55.6 Å². The van der Waals surface area contributed by atoms with Gasteiger partial charge in [-0.1, -0.05) is 11.6 Å². The number of halogens is 1. The summed E-state index contributed by atoms with van der Waals surface area (Å²) in [6, 6.07) is 10.9. The third-order valence-electron chi connectivity index (χ3n) is 3.03. The molecule has 2 aromatic rings. The van der Waals surface area contributed by atoms with Gasteiger partial charge in [0.25, 0.3) is 9.84 Å². The molecule has 22 heavy (non-hydrogen) atoms. The summed E-state index contributed by atoms with van der Waals surface area (Å²) < 4.78 is 30.0. The number of nitrogens with zero attached hydrogens (tertiary/aromatic N) is 1. The van der Waals surface area contributed by atoms with Gasteiger partial charge in [-0.15, -0.1) is 0 Å². The lowest BCUT2D eigenvalue weighted by Crippen LogP contribution is -2.21. The minimum atomic E-state index is -4.19. The highest BCUT2D eigenvalue weighted by Gasteiger charge is 2.39. The van der Waals surface area contributed by atoms with Gasteiger partial charge >= 0.3 is 5.37 Å². The number of hydrogen-bond donors (Lipinski definition) is 0. The number of methoxy groups -OCH3 is 1. The Labute approximate surface area is 132 Å². The molecule has 116 valence electrons. The van der Waals surface area contributed by atoms with Crippen molar-refractivity contribution in [3.05, 3.63) is 69.2 Å². The molecule has 0 aliphatic rings. The Hall–Kier alpha value is -2.12. The van der Waals surface area contributed by atoms with E-state index in [9.17, 15) is 18.5 Å². The van der Waals surface area contributed by atoms with E-state index in [4.69, 9.17) is 16.3 Å². The number of sulfone groups is 1. The summed E-state index contributed by atoms with van der Waals surface area (Å²) in [5.74, 6) is 0.461. The van der Waals surface area contributed by atoms with E-state index in [0.717, 1.165) is 0 Å². The van der Waals surface area contributed by atoms with Crippen LogP contribution in [0.2, 0.25) is 5.02 Å². The first-order valence-corrected chi connectivity index (χ1v) is 8.05. The van der Waals surface area contributed by atoms with E-state index in [1.807, 2.05) is 0 Å². The van der Waals surface area contributed by atoms with Gasteiger partial charge in [0.1, 0.15) is 5.75 Å². The average molecular weight is 342 g/mol. The van der Waals surface area contributed by atoms with Crippen molar-refractivity contribution in [3.63, 3.8) is 0 Å². The molecule has 2 rings (SSSR count). The second-order valence-corrected chi connectivity index (χ2v) is 6.85. The summed E-state index contributed by atoms with van der Waals surface area (Å²) >= 11 is 5.73. The standard InChI is InChI=1S/C14H12ClNO5S/c1-21-12-6-8-13(9-7-12)22(19,20)14(16(17)18)10-2-4-11(15)5-3-10/h2-9,14H,1H3. The summed E-state index contributed by atoms with van der Waals surface area (Å²) in [6.07, 6.45) is 0. The summed E-state index contributed by atoms with van der Waals surface area (Å²) in [6.45, 7) is 0. The lowest BCUT2D eigenvalue weighted by atomic mass is 10.2. The molecule has 8 heteroatoms. The van der Waals surface area contributed by atoms with Gasteiger partial charge < -0.3 is 4.74 Å². The number of hydrogen-bond acceptors (Lipinski definition) is 5. The molecular weight excluding hydrogens is 330 g/mol. The zero-order valence-corrected chi connectivity index (χ0v) is 13.0. The van der Waals surface area contributed by atoms with Crippen LogP contribution in [0.5, 0.6) is 5.75 Å². The Morgan fingerprint density at radius 3 is 2.09 bits per heavy atom. The first-order chi connectivity index (χ1) is 10.4. The normalized spacial score (nSPS) is 12.6. The number of nitro groups is 1. The molecule has 2 aromatic carbocycles. The first-order valence-electron chi connectivity index (χ1n) is 6.13. The van der Waals surface area contributed by atoms with Crippen molar-refractivity contribution in [2.45, 2.75) is 10.3 Å². The fraction of sp³-hybridized carbons (Fsp3) is 0.143. The monoisotopic (exact) mass is 341 g/mol. The minimum Gasteiger partial charge on any atom is -0.497 e. The molecule has 1 atom stereocenters. The fourth-order valence-corrected chi connectivity index (χ4v) is 3.58. The maximum absolute atomic E-state index is 12.5. The van der Waals surface area contributed by atoms with Gasteiger partial charge in [-0.25, -0.2) is 8.42 Å². The number of benzene rings is 2. The van der Waals surface area contributed by atoms with Crippen molar-refractivity contribution in [2.75, 3.05) is 7.11 Å². The Morgan fingerprint density at radius 2 is 1.64 bits per heavy atom. The molecule has 0 bridgehead atoms. The first kappa shape index (κ1) is 16.3. The predicted octanol–water partition coefficient (Wildman–Crippen LogP) is 3.10. The molecule has 0 saturated heterocycles. The third kappa shape index (κ3) is 3.20.